The predicted octanol–water partition coefficient (Wildman–Crippen LogP) is 3.21. The number of carbonyl (C=O) groups is 2. The standard InChI is InChI=1S/C24H34N4O4/c1-2-3-4-6-20-7-9-21(10-8-20)24(30)28(13-5-12-27-14-17-31-18-15-27)19-23(29)25-22-11-16-32-26-22/h7-11,16H,2-6,12-15,17-19H2,1H3,(H,25,26,29). The third-order valence-corrected chi connectivity index (χ3v) is 5.60. The minimum Gasteiger partial charge on any atom is -0.379 e. The number of morpholine rings is 1. The van der Waals surface area contributed by atoms with Crippen molar-refractivity contribution in [2.24, 2.45) is 0 Å². The van der Waals surface area contributed by atoms with Gasteiger partial charge in [0.25, 0.3) is 5.91 Å². The van der Waals surface area contributed by atoms with Crippen LogP contribution < -0.4 is 5.32 Å². The third kappa shape index (κ3) is 7.76. The number of rotatable bonds is 12. The molecule has 0 radical (unpaired) electrons. The Bertz CT molecular complexity index is 817. The molecule has 1 aromatic heterocycles. The first-order chi connectivity index (χ1) is 15.7. The van der Waals surface area contributed by atoms with Gasteiger partial charge in [-0.15, -0.1) is 0 Å². The smallest absolute Gasteiger partial charge is 0.254 e. The Morgan fingerprint density at radius 3 is 2.56 bits per heavy atom. The maximum absolute atomic E-state index is 13.2. The molecule has 0 atom stereocenters. The van der Waals surface area contributed by atoms with E-state index in [0.717, 1.165) is 52.1 Å². The highest BCUT2D eigenvalue weighted by Crippen LogP contribution is 2.12. The number of unbranched alkanes of at least 4 members (excludes halogenated alkanes) is 2. The van der Waals surface area contributed by atoms with Crippen molar-refractivity contribution in [3.63, 3.8) is 0 Å². The average molecular weight is 443 g/mol. The second-order valence-electron chi connectivity index (χ2n) is 8.12. The molecule has 1 saturated heterocycles. The van der Waals surface area contributed by atoms with Crippen molar-refractivity contribution in [3.05, 3.63) is 47.7 Å². The number of benzene rings is 1. The fourth-order valence-electron chi connectivity index (χ4n) is 3.77. The normalized spacial score (nSPS) is 14.3. The second-order valence-corrected chi connectivity index (χ2v) is 8.12. The number of amides is 2. The summed E-state index contributed by atoms with van der Waals surface area (Å²) in [6, 6.07) is 9.34. The van der Waals surface area contributed by atoms with Gasteiger partial charge in [0, 0.05) is 37.8 Å². The highest BCUT2D eigenvalue weighted by Gasteiger charge is 2.20. The molecule has 2 aromatic rings. The molecule has 0 spiro atoms. The van der Waals surface area contributed by atoms with E-state index >= 15 is 0 Å². The lowest BCUT2D eigenvalue weighted by Gasteiger charge is -2.28. The lowest BCUT2D eigenvalue weighted by molar-refractivity contribution is -0.117. The van der Waals surface area contributed by atoms with Gasteiger partial charge in [-0.2, -0.15) is 0 Å². The SMILES string of the molecule is CCCCCc1ccc(C(=O)N(CCCN2CCOCC2)CC(=O)Nc2ccon2)cc1. The molecule has 2 amide bonds. The van der Waals surface area contributed by atoms with E-state index in [1.54, 1.807) is 11.0 Å². The van der Waals surface area contributed by atoms with Crippen molar-refractivity contribution in [2.75, 3.05) is 51.3 Å². The maximum Gasteiger partial charge on any atom is 0.254 e. The van der Waals surface area contributed by atoms with E-state index < -0.39 is 0 Å². The molecule has 2 heterocycles. The Hall–Kier alpha value is -2.71. The van der Waals surface area contributed by atoms with E-state index in [4.69, 9.17) is 9.26 Å². The summed E-state index contributed by atoms with van der Waals surface area (Å²) in [6.45, 7) is 6.82. The van der Waals surface area contributed by atoms with Crippen LogP contribution in [0.1, 0.15) is 48.5 Å². The number of anilines is 1. The molecule has 1 aliphatic heterocycles. The van der Waals surface area contributed by atoms with Gasteiger partial charge in [-0.3, -0.25) is 14.5 Å². The quantitative estimate of drug-likeness (QED) is 0.508. The van der Waals surface area contributed by atoms with Crippen LogP contribution in [0.3, 0.4) is 0 Å². The predicted molar refractivity (Wildman–Crippen MR) is 123 cm³/mol. The molecule has 0 saturated carbocycles. The van der Waals surface area contributed by atoms with Gasteiger partial charge in [-0.25, -0.2) is 0 Å². The van der Waals surface area contributed by atoms with E-state index in [9.17, 15) is 9.59 Å². The topological polar surface area (TPSA) is 87.9 Å². The molecule has 32 heavy (non-hydrogen) atoms. The molecule has 8 nitrogen and oxygen atoms in total. The van der Waals surface area contributed by atoms with Crippen molar-refractivity contribution in [1.29, 1.82) is 0 Å². The lowest BCUT2D eigenvalue weighted by atomic mass is 10.0. The zero-order chi connectivity index (χ0) is 22.6. The van der Waals surface area contributed by atoms with Gasteiger partial charge < -0.3 is 19.5 Å². The zero-order valence-corrected chi connectivity index (χ0v) is 18.9. The number of nitrogens with one attached hydrogen (secondary N) is 1. The minimum absolute atomic E-state index is 0.0347. The molecule has 1 fully saturated rings. The minimum atomic E-state index is -0.296. The van der Waals surface area contributed by atoms with E-state index in [1.165, 1.54) is 24.7 Å². The van der Waals surface area contributed by atoms with Gasteiger partial charge in [-0.1, -0.05) is 37.1 Å². The third-order valence-electron chi connectivity index (χ3n) is 5.60. The summed E-state index contributed by atoms with van der Waals surface area (Å²) in [5.41, 5.74) is 1.84. The zero-order valence-electron chi connectivity index (χ0n) is 18.9. The molecular weight excluding hydrogens is 408 g/mol. The van der Waals surface area contributed by atoms with Crippen LogP contribution in [0, 0.1) is 0 Å². The van der Waals surface area contributed by atoms with Gasteiger partial charge in [0.15, 0.2) is 5.82 Å². The first-order valence-corrected chi connectivity index (χ1v) is 11.5. The number of carbonyl (C=O) groups excluding carboxylic acids is 2. The Morgan fingerprint density at radius 1 is 1.09 bits per heavy atom. The largest absolute Gasteiger partial charge is 0.379 e. The number of aryl methyl sites for hydroxylation is 1. The Morgan fingerprint density at radius 2 is 1.88 bits per heavy atom. The van der Waals surface area contributed by atoms with Crippen LogP contribution in [0.2, 0.25) is 0 Å². The number of aromatic nitrogens is 1. The fraction of sp³-hybridized carbons (Fsp3) is 0.542. The number of hydrogen-bond donors (Lipinski definition) is 1. The van der Waals surface area contributed by atoms with Crippen LogP contribution in [0.15, 0.2) is 41.1 Å². The van der Waals surface area contributed by atoms with Crippen LogP contribution in [-0.4, -0.2) is 72.7 Å². The first kappa shape index (κ1) is 23.9. The average Bonchev–Trinajstić information content (AvgIpc) is 3.32. The Balaban J connectivity index is 1.59. The van der Waals surface area contributed by atoms with Crippen LogP contribution in [-0.2, 0) is 16.0 Å². The molecule has 3 rings (SSSR count). The highest BCUT2D eigenvalue weighted by atomic mass is 16.5. The monoisotopic (exact) mass is 442 g/mol. The first-order valence-electron chi connectivity index (χ1n) is 11.5. The summed E-state index contributed by atoms with van der Waals surface area (Å²) >= 11 is 0. The van der Waals surface area contributed by atoms with Gasteiger partial charge in [0.05, 0.1) is 13.2 Å². The van der Waals surface area contributed by atoms with Gasteiger partial charge in [0.1, 0.15) is 12.8 Å². The lowest BCUT2D eigenvalue weighted by Crippen LogP contribution is -2.41. The second kappa shape index (κ2) is 13.0. The molecule has 1 aliphatic rings. The molecule has 1 N–H and O–H groups in total. The van der Waals surface area contributed by atoms with E-state index in [2.05, 4.69) is 22.3 Å². The van der Waals surface area contributed by atoms with Crippen molar-refractivity contribution in [1.82, 2.24) is 15.0 Å². The van der Waals surface area contributed by atoms with Gasteiger partial charge in [0.2, 0.25) is 5.91 Å². The van der Waals surface area contributed by atoms with Crippen molar-refractivity contribution in [2.45, 2.75) is 39.0 Å². The molecule has 0 bridgehead atoms. The molecule has 174 valence electrons. The summed E-state index contributed by atoms with van der Waals surface area (Å²) in [6.07, 6.45) is 6.75. The Kier molecular flexibility index (Phi) is 9.71. The highest BCUT2D eigenvalue weighted by molar-refractivity contribution is 5.99. The Labute approximate surface area is 189 Å². The van der Waals surface area contributed by atoms with Crippen molar-refractivity contribution >= 4 is 17.6 Å². The maximum atomic E-state index is 13.2. The van der Waals surface area contributed by atoms with Gasteiger partial charge >= 0.3 is 0 Å². The summed E-state index contributed by atoms with van der Waals surface area (Å²) in [5, 5.41) is 6.37. The van der Waals surface area contributed by atoms with Crippen LogP contribution in [0.4, 0.5) is 5.82 Å². The number of ether oxygens (including phenoxy) is 1. The van der Waals surface area contributed by atoms with E-state index in [-0.39, 0.29) is 18.4 Å². The molecule has 0 aliphatic carbocycles. The van der Waals surface area contributed by atoms with Crippen LogP contribution >= 0.6 is 0 Å². The van der Waals surface area contributed by atoms with Crippen molar-refractivity contribution < 1.29 is 18.8 Å². The molecule has 8 heteroatoms. The molecular formula is C24H34N4O4. The molecule has 1 aromatic carbocycles. The number of nitrogens with zero attached hydrogens (tertiary/aromatic N) is 3. The van der Waals surface area contributed by atoms with Crippen LogP contribution in [0.5, 0.6) is 0 Å². The summed E-state index contributed by atoms with van der Waals surface area (Å²) in [7, 11) is 0. The molecule has 0 unspecified atom stereocenters. The number of hydrogen-bond acceptors (Lipinski definition) is 6. The van der Waals surface area contributed by atoms with E-state index in [1.807, 2.05) is 24.3 Å². The van der Waals surface area contributed by atoms with Crippen molar-refractivity contribution in [3.8, 4) is 0 Å². The summed E-state index contributed by atoms with van der Waals surface area (Å²) in [5.74, 6) is -0.0932. The summed E-state index contributed by atoms with van der Waals surface area (Å²) in [4.78, 5) is 29.7. The fourth-order valence-corrected chi connectivity index (χ4v) is 3.77. The van der Waals surface area contributed by atoms with Crippen LogP contribution in [0.25, 0.3) is 0 Å². The summed E-state index contributed by atoms with van der Waals surface area (Å²) < 4.78 is 10.1. The van der Waals surface area contributed by atoms with E-state index in [0.29, 0.717) is 17.9 Å². The van der Waals surface area contributed by atoms with Gasteiger partial charge in [-0.05, 0) is 37.0 Å².